The van der Waals surface area contributed by atoms with Crippen LogP contribution in [0.1, 0.15) is 6.92 Å². The summed E-state index contributed by atoms with van der Waals surface area (Å²) >= 11 is 0. The molecule has 1 atom stereocenters. The summed E-state index contributed by atoms with van der Waals surface area (Å²) in [6.07, 6.45) is 0.631. The molecule has 42 valence electrons. The third-order valence-corrected chi connectivity index (χ3v) is 0.449. The van der Waals surface area contributed by atoms with Crippen LogP contribution >= 0.6 is 0 Å². The molecule has 2 nitrogen and oxygen atoms in total. The van der Waals surface area contributed by atoms with Gasteiger partial charge < -0.3 is 9.84 Å². The van der Waals surface area contributed by atoms with E-state index in [1.54, 1.807) is 6.08 Å². The molecule has 0 aliphatic heterocycles. The second-order valence-corrected chi connectivity index (χ2v) is 1.19. The molecule has 0 spiro atoms. The summed E-state index contributed by atoms with van der Waals surface area (Å²) in [5.41, 5.74) is 0. The Morgan fingerprint density at radius 2 is 2.38 bits per heavy atom. The van der Waals surface area contributed by atoms with Crippen LogP contribution in [0.5, 0.6) is 0 Å². The minimum Gasteiger partial charge on any atom is -0.831 e. The van der Waals surface area contributed by atoms with Gasteiger partial charge in [-0.05, 0) is 6.29 Å². The van der Waals surface area contributed by atoms with E-state index in [2.05, 4.69) is 11.3 Å². The second kappa shape index (κ2) is 7.66. The van der Waals surface area contributed by atoms with Crippen LogP contribution in [-0.2, 0) is 4.74 Å². The fraction of sp³-hybridized carbons (Fsp3) is 0.600. The van der Waals surface area contributed by atoms with Crippen LogP contribution in [0.25, 0.3) is 0 Å². The number of ether oxygens (including phenoxy) is 1. The normalized spacial score (nSPS) is 11.8. The van der Waals surface area contributed by atoms with Crippen molar-refractivity contribution in [2.45, 2.75) is 13.2 Å². The molecule has 0 heterocycles. The van der Waals surface area contributed by atoms with Crippen molar-refractivity contribution >= 4 is 0 Å². The molecule has 0 aliphatic rings. The fourth-order valence-electron chi connectivity index (χ4n) is 0.204. The first kappa shape index (κ1) is 11.5. The molecule has 0 aliphatic carbocycles. The van der Waals surface area contributed by atoms with Crippen LogP contribution in [0.15, 0.2) is 12.7 Å². The predicted molar refractivity (Wildman–Crippen MR) is 25.6 cm³/mol. The van der Waals surface area contributed by atoms with Gasteiger partial charge in [-0.15, -0.1) is 6.58 Å². The van der Waals surface area contributed by atoms with Gasteiger partial charge in [-0.3, -0.25) is 0 Å². The van der Waals surface area contributed by atoms with Gasteiger partial charge in [-0.1, -0.05) is 13.0 Å². The van der Waals surface area contributed by atoms with Crippen LogP contribution in [0.2, 0.25) is 0 Å². The van der Waals surface area contributed by atoms with Crippen molar-refractivity contribution < 1.29 is 39.4 Å². The number of hydrogen-bond acceptors (Lipinski definition) is 2. The molecule has 0 radical (unpaired) electrons. The Labute approximate surface area is 71.8 Å². The molecular formula is C5H9NaO2. The van der Waals surface area contributed by atoms with E-state index in [9.17, 15) is 5.11 Å². The van der Waals surface area contributed by atoms with E-state index < -0.39 is 6.29 Å². The molecule has 0 aromatic carbocycles. The summed E-state index contributed by atoms with van der Waals surface area (Å²) in [6, 6.07) is 0. The van der Waals surface area contributed by atoms with Gasteiger partial charge >= 0.3 is 29.6 Å². The van der Waals surface area contributed by atoms with Crippen molar-refractivity contribution in [3.05, 3.63) is 12.7 Å². The molecule has 0 fully saturated rings. The molecule has 3 heteroatoms. The Morgan fingerprint density at radius 1 is 1.88 bits per heavy atom. The van der Waals surface area contributed by atoms with Crippen LogP contribution < -0.4 is 34.7 Å². The summed E-state index contributed by atoms with van der Waals surface area (Å²) in [7, 11) is 0. The second-order valence-electron chi connectivity index (χ2n) is 1.19. The molecule has 0 aromatic rings. The molecule has 0 amide bonds. The summed E-state index contributed by atoms with van der Waals surface area (Å²) in [6.45, 7) is 5.17. The standard InChI is InChI=1S/C5H9O2.Na/c1-3-4-7-5(2)6;/h3,5H,1,4H2,2H3;/q-1;+1. The zero-order valence-corrected chi connectivity index (χ0v) is 7.39. The van der Waals surface area contributed by atoms with E-state index in [1.807, 2.05) is 0 Å². The maximum atomic E-state index is 10.0. The molecule has 0 N–H and O–H groups in total. The average Bonchev–Trinajstić information content (AvgIpc) is 1.61. The van der Waals surface area contributed by atoms with Crippen LogP contribution in [0.4, 0.5) is 0 Å². The quantitative estimate of drug-likeness (QED) is 0.227. The predicted octanol–water partition coefficient (Wildman–Crippen LogP) is -3.10. The first-order valence-electron chi connectivity index (χ1n) is 2.15. The van der Waals surface area contributed by atoms with Gasteiger partial charge in [0.15, 0.2) is 0 Å². The molecule has 0 aromatic heterocycles. The molecule has 0 bridgehead atoms. The third-order valence-electron chi connectivity index (χ3n) is 0.449. The maximum absolute atomic E-state index is 10.0. The number of rotatable bonds is 3. The minimum atomic E-state index is -0.919. The molecular weight excluding hydrogens is 115 g/mol. The zero-order chi connectivity index (χ0) is 5.70. The molecule has 1 unspecified atom stereocenters. The Bertz CT molecular complexity index is 54.4. The van der Waals surface area contributed by atoms with Gasteiger partial charge in [0.1, 0.15) is 0 Å². The zero-order valence-electron chi connectivity index (χ0n) is 5.39. The van der Waals surface area contributed by atoms with Gasteiger partial charge in [0.2, 0.25) is 0 Å². The summed E-state index contributed by atoms with van der Waals surface area (Å²) in [4.78, 5) is 0. The van der Waals surface area contributed by atoms with Gasteiger partial charge in [-0.25, -0.2) is 0 Å². The van der Waals surface area contributed by atoms with E-state index in [0.29, 0.717) is 6.61 Å². The molecule has 8 heavy (non-hydrogen) atoms. The van der Waals surface area contributed by atoms with Crippen molar-refractivity contribution in [2.75, 3.05) is 6.61 Å². The van der Waals surface area contributed by atoms with Gasteiger partial charge in [0.05, 0.1) is 6.61 Å². The summed E-state index contributed by atoms with van der Waals surface area (Å²) in [5.74, 6) is 0. The number of hydrogen-bond donors (Lipinski definition) is 0. The Hall–Kier alpha value is 0.660. The van der Waals surface area contributed by atoms with Crippen molar-refractivity contribution in [1.29, 1.82) is 0 Å². The first-order chi connectivity index (χ1) is 3.27. The summed E-state index contributed by atoms with van der Waals surface area (Å²) < 4.78 is 4.52. The maximum Gasteiger partial charge on any atom is 1.00 e. The first-order valence-corrected chi connectivity index (χ1v) is 2.15. The van der Waals surface area contributed by atoms with E-state index in [4.69, 9.17) is 0 Å². The Kier molecular flexibility index (Phi) is 11.0. The van der Waals surface area contributed by atoms with Crippen LogP contribution in [0.3, 0.4) is 0 Å². The van der Waals surface area contributed by atoms with E-state index in [1.165, 1.54) is 6.92 Å². The van der Waals surface area contributed by atoms with Crippen LogP contribution in [0, 0.1) is 0 Å². The fourth-order valence-corrected chi connectivity index (χ4v) is 0.204. The molecule has 0 saturated heterocycles. The van der Waals surface area contributed by atoms with Crippen LogP contribution in [-0.4, -0.2) is 12.9 Å². The van der Waals surface area contributed by atoms with Gasteiger partial charge in [0.25, 0.3) is 0 Å². The van der Waals surface area contributed by atoms with E-state index >= 15 is 0 Å². The third kappa shape index (κ3) is 9.83. The molecule has 0 saturated carbocycles. The Morgan fingerprint density at radius 3 is 2.50 bits per heavy atom. The van der Waals surface area contributed by atoms with Gasteiger partial charge in [0, 0.05) is 0 Å². The largest absolute Gasteiger partial charge is 1.00 e. The molecule has 0 rings (SSSR count). The average molecular weight is 124 g/mol. The summed E-state index contributed by atoms with van der Waals surface area (Å²) in [5, 5.41) is 10.0. The SMILES string of the molecule is C=CCOC(C)[O-].[Na+]. The smallest absolute Gasteiger partial charge is 0.831 e. The van der Waals surface area contributed by atoms with Crippen molar-refractivity contribution in [3.8, 4) is 0 Å². The van der Waals surface area contributed by atoms with Crippen molar-refractivity contribution in [2.24, 2.45) is 0 Å². The minimum absolute atomic E-state index is 0. The Balaban J connectivity index is 0. The van der Waals surface area contributed by atoms with Crippen molar-refractivity contribution in [1.82, 2.24) is 0 Å². The van der Waals surface area contributed by atoms with E-state index in [-0.39, 0.29) is 29.6 Å². The monoisotopic (exact) mass is 124 g/mol. The topological polar surface area (TPSA) is 32.3 Å². The van der Waals surface area contributed by atoms with Gasteiger partial charge in [-0.2, -0.15) is 0 Å². The van der Waals surface area contributed by atoms with E-state index in [0.717, 1.165) is 0 Å². The van der Waals surface area contributed by atoms with Crippen molar-refractivity contribution in [3.63, 3.8) is 0 Å².